The second kappa shape index (κ2) is 5.61. The van der Waals surface area contributed by atoms with Crippen LogP contribution < -0.4 is 0 Å². The maximum atomic E-state index is 12.4. The van der Waals surface area contributed by atoms with E-state index in [9.17, 15) is 9.90 Å². The van der Waals surface area contributed by atoms with Crippen LogP contribution in [0.2, 0.25) is 0 Å². The predicted octanol–water partition coefficient (Wildman–Crippen LogP) is 2.93. The van der Waals surface area contributed by atoms with Gasteiger partial charge in [-0.2, -0.15) is 0 Å². The summed E-state index contributed by atoms with van der Waals surface area (Å²) in [7, 11) is 0. The Morgan fingerprint density at radius 1 is 1.50 bits per heavy atom. The molecule has 2 rings (SSSR count). The Kier molecular flexibility index (Phi) is 4.12. The van der Waals surface area contributed by atoms with E-state index >= 15 is 0 Å². The van der Waals surface area contributed by atoms with Crippen molar-refractivity contribution in [3.8, 4) is 5.75 Å². The van der Waals surface area contributed by atoms with Crippen LogP contribution in [-0.2, 0) is 0 Å². The number of rotatable bonds is 4. The van der Waals surface area contributed by atoms with E-state index in [1.54, 1.807) is 23.1 Å². The summed E-state index contributed by atoms with van der Waals surface area (Å²) < 4.78 is 0. The number of phenolic OH excluding ortho intramolecular Hbond substituents is 1. The zero-order valence-electron chi connectivity index (χ0n) is 10.5. The van der Waals surface area contributed by atoms with Crippen LogP contribution in [-0.4, -0.2) is 34.4 Å². The summed E-state index contributed by atoms with van der Waals surface area (Å²) in [5.74, 6) is 0.362. The summed E-state index contributed by atoms with van der Waals surface area (Å²) in [4.78, 5) is 14.2. The molecule has 3 nitrogen and oxygen atoms in total. The molecule has 1 aromatic rings. The van der Waals surface area contributed by atoms with Crippen molar-refractivity contribution < 1.29 is 9.90 Å². The first-order valence-electron chi connectivity index (χ1n) is 6.30. The van der Waals surface area contributed by atoms with Gasteiger partial charge in [-0.15, -0.1) is 11.6 Å². The molecule has 0 saturated heterocycles. The number of hydrogen-bond acceptors (Lipinski definition) is 2. The van der Waals surface area contributed by atoms with Crippen molar-refractivity contribution in [2.75, 3.05) is 12.4 Å². The average Bonchev–Trinajstić information content (AvgIpc) is 2.28. The molecule has 0 aromatic heterocycles. The fraction of sp³-hybridized carbons (Fsp3) is 0.500. The minimum atomic E-state index is -0.110. The highest BCUT2D eigenvalue weighted by Crippen LogP contribution is 2.28. The fourth-order valence-electron chi connectivity index (χ4n) is 2.22. The van der Waals surface area contributed by atoms with Gasteiger partial charge in [0.15, 0.2) is 0 Å². The zero-order valence-corrected chi connectivity index (χ0v) is 11.3. The zero-order chi connectivity index (χ0) is 13.1. The van der Waals surface area contributed by atoms with E-state index in [4.69, 9.17) is 11.6 Å². The van der Waals surface area contributed by atoms with Gasteiger partial charge < -0.3 is 10.0 Å². The highest BCUT2D eigenvalue weighted by Gasteiger charge is 2.30. The van der Waals surface area contributed by atoms with Gasteiger partial charge in [0.2, 0.25) is 0 Å². The molecule has 1 saturated carbocycles. The smallest absolute Gasteiger partial charge is 0.257 e. The monoisotopic (exact) mass is 267 g/mol. The highest BCUT2D eigenvalue weighted by molar-refractivity contribution is 6.18. The average molecular weight is 268 g/mol. The lowest BCUT2D eigenvalue weighted by atomic mass is 9.91. The lowest BCUT2D eigenvalue weighted by Gasteiger charge is -2.37. The van der Waals surface area contributed by atoms with Gasteiger partial charge >= 0.3 is 0 Å². The molecule has 1 amide bonds. The van der Waals surface area contributed by atoms with Crippen molar-refractivity contribution in [3.05, 3.63) is 29.3 Å². The van der Waals surface area contributed by atoms with Crippen LogP contribution in [0.4, 0.5) is 0 Å². The number of alkyl halides is 1. The summed E-state index contributed by atoms with van der Waals surface area (Å²) in [6.45, 7) is 2.45. The van der Waals surface area contributed by atoms with Crippen LogP contribution in [0.25, 0.3) is 0 Å². The van der Waals surface area contributed by atoms with E-state index in [0.29, 0.717) is 18.0 Å². The molecule has 18 heavy (non-hydrogen) atoms. The Labute approximate surface area is 112 Å². The van der Waals surface area contributed by atoms with Gasteiger partial charge in [-0.1, -0.05) is 11.6 Å². The maximum Gasteiger partial charge on any atom is 0.257 e. The number of carbonyl (C=O) groups is 1. The topological polar surface area (TPSA) is 40.5 Å². The van der Waals surface area contributed by atoms with Crippen molar-refractivity contribution in [1.82, 2.24) is 4.90 Å². The van der Waals surface area contributed by atoms with E-state index < -0.39 is 0 Å². The first kappa shape index (κ1) is 13.2. The van der Waals surface area contributed by atoms with Gasteiger partial charge in [-0.25, -0.2) is 0 Å². The largest absolute Gasteiger partial charge is 0.507 e. The summed E-state index contributed by atoms with van der Waals surface area (Å²) in [6.07, 6.45) is 3.24. The van der Waals surface area contributed by atoms with Gasteiger partial charge in [-0.3, -0.25) is 4.79 Å². The number of amides is 1. The Morgan fingerprint density at radius 2 is 2.22 bits per heavy atom. The SMILES string of the molecule is Cc1ccc(O)c(C(=O)N(CCCl)C2CCC2)c1. The van der Waals surface area contributed by atoms with E-state index in [1.165, 1.54) is 0 Å². The number of aromatic hydroxyl groups is 1. The highest BCUT2D eigenvalue weighted by atomic mass is 35.5. The quantitative estimate of drug-likeness (QED) is 0.852. The standard InChI is InChI=1S/C14H18ClNO2/c1-10-5-6-13(17)12(9-10)14(18)16(8-7-15)11-3-2-4-11/h5-6,9,11,17H,2-4,7-8H2,1H3. The van der Waals surface area contributed by atoms with E-state index in [-0.39, 0.29) is 17.7 Å². The minimum absolute atomic E-state index is 0.0458. The van der Waals surface area contributed by atoms with Crippen LogP contribution in [0.5, 0.6) is 5.75 Å². The number of hydrogen-bond donors (Lipinski definition) is 1. The summed E-state index contributed by atoms with van der Waals surface area (Å²) in [5.41, 5.74) is 1.35. The number of aryl methyl sites for hydroxylation is 1. The molecular formula is C14H18ClNO2. The van der Waals surface area contributed by atoms with Crippen molar-refractivity contribution in [2.45, 2.75) is 32.2 Å². The number of carbonyl (C=O) groups excluding carboxylic acids is 1. The van der Waals surface area contributed by atoms with Crippen molar-refractivity contribution in [1.29, 1.82) is 0 Å². The molecule has 0 heterocycles. The van der Waals surface area contributed by atoms with Gasteiger partial charge in [0.05, 0.1) is 5.56 Å². The third-order valence-electron chi connectivity index (χ3n) is 3.48. The molecule has 4 heteroatoms. The minimum Gasteiger partial charge on any atom is -0.507 e. The lowest BCUT2D eigenvalue weighted by Crippen LogP contribution is -2.45. The molecule has 1 aliphatic carbocycles. The molecule has 98 valence electrons. The summed E-state index contributed by atoms with van der Waals surface area (Å²) in [6, 6.07) is 5.39. The normalized spacial score (nSPS) is 15.2. The second-order valence-corrected chi connectivity index (χ2v) is 5.17. The first-order valence-corrected chi connectivity index (χ1v) is 6.83. The molecule has 1 fully saturated rings. The second-order valence-electron chi connectivity index (χ2n) is 4.79. The molecule has 0 atom stereocenters. The molecule has 0 radical (unpaired) electrons. The summed E-state index contributed by atoms with van der Waals surface area (Å²) >= 11 is 5.77. The van der Waals surface area contributed by atoms with Gasteiger partial charge in [-0.05, 0) is 38.3 Å². The Balaban J connectivity index is 2.23. The summed E-state index contributed by atoms with van der Waals surface area (Å²) in [5, 5.41) is 9.81. The van der Waals surface area contributed by atoms with Crippen LogP contribution in [0.1, 0.15) is 35.2 Å². The van der Waals surface area contributed by atoms with Crippen LogP contribution >= 0.6 is 11.6 Å². The van der Waals surface area contributed by atoms with Crippen LogP contribution in [0, 0.1) is 6.92 Å². The fourth-order valence-corrected chi connectivity index (χ4v) is 2.40. The number of halogens is 1. The number of nitrogens with zero attached hydrogens (tertiary/aromatic N) is 1. The molecule has 0 unspecified atom stereocenters. The van der Waals surface area contributed by atoms with Gasteiger partial charge in [0, 0.05) is 18.5 Å². The number of phenols is 1. The molecule has 0 spiro atoms. The van der Waals surface area contributed by atoms with Gasteiger partial charge in [0.25, 0.3) is 5.91 Å². The molecule has 1 aliphatic rings. The maximum absolute atomic E-state index is 12.4. The molecular weight excluding hydrogens is 250 g/mol. The molecule has 1 aromatic carbocycles. The van der Waals surface area contributed by atoms with Crippen LogP contribution in [0.3, 0.4) is 0 Å². The van der Waals surface area contributed by atoms with E-state index in [1.807, 2.05) is 6.92 Å². The number of benzene rings is 1. The predicted molar refractivity (Wildman–Crippen MR) is 72.2 cm³/mol. The lowest BCUT2D eigenvalue weighted by molar-refractivity contribution is 0.0595. The Bertz CT molecular complexity index is 443. The third-order valence-corrected chi connectivity index (χ3v) is 3.65. The molecule has 0 bridgehead atoms. The van der Waals surface area contributed by atoms with Crippen molar-refractivity contribution >= 4 is 17.5 Å². The molecule has 0 aliphatic heterocycles. The van der Waals surface area contributed by atoms with Gasteiger partial charge in [0.1, 0.15) is 5.75 Å². The first-order chi connectivity index (χ1) is 8.63. The van der Waals surface area contributed by atoms with E-state index in [2.05, 4.69) is 0 Å². The molecule has 1 N–H and O–H groups in total. The van der Waals surface area contributed by atoms with E-state index in [0.717, 1.165) is 24.8 Å². The van der Waals surface area contributed by atoms with Crippen molar-refractivity contribution in [3.63, 3.8) is 0 Å². The Morgan fingerprint density at radius 3 is 2.78 bits per heavy atom. The van der Waals surface area contributed by atoms with Crippen LogP contribution in [0.15, 0.2) is 18.2 Å². The third kappa shape index (κ3) is 2.61. The van der Waals surface area contributed by atoms with Crippen molar-refractivity contribution in [2.24, 2.45) is 0 Å². The Hall–Kier alpha value is -1.22.